The molecule has 0 saturated carbocycles. The van der Waals surface area contributed by atoms with Crippen LogP contribution in [-0.4, -0.2) is 42.8 Å². The van der Waals surface area contributed by atoms with Crippen molar-refractivity contribution in [3.63, 3.8) is 0 Å². The van der Waals surface area contributed by atoms with Crippen molar-refractivity contribution in [3.05, 3.63) is 53.4 Å². The van der Waals surface area contributed by atoms with Crippen LogP contribution in [0, 0.1) is 0 Å². The van der Waals surface area contributed by atoms with Crippen molar-refractivity contribution in [1.29, 1.82) is 0 Å². The summed E-state index contributed by atoms with van der Waals surface area (Å²) in [7, 11) is 1.59. The number of thioether (sulfide) groups is 1. The molecule has 0 unspecified atom stereocenters. The summed E-state index contributed by atoms with van der Waals surface area (Å²) < 4.78 is 12.6. The molecule has 3 aromatic heterocycles. The Balaban J connectivity index is 1.43. The normalized spacial score (nSPS) is 11.0. The number of hydrogen-bond donors (Lipinski definition) is 0. The van der Waals surface area contributed by atoms with Crippen molar-refractivity contribution >= 4 is 23.4 Å². The largest absolute Gasteiger partial charge is 0.481 e. The fraction of sp³-hybridized carbons (Fsp3) is 0.250. The highest BCUT2D eigenvalue weighted by atomic mass is 35.5. The highest BCUT2D eigenvalue weighted by Crippen LogP contribution is 2.26. The monoisotopic (exact) mass is 442 g/mol. The smallest absolute Gasteiger partial charge is 0.257 e. The first-order chi connectivity index (χ1) is 14.7. The molecular formula is C20H19ClN6O2S. The van der Waals surface area contributed by atoms with E-state index >= 15 is 0 Å². The summed E-state index contributed by atoms with van der Waals surface area (Å²) >= 11 is 7.62. The van der Waals surface area contributed by atoms with Gasteiger partial charge in [0.15, 0.2) is 16.8 Å². The molecule has 8 nitrogen and oxygen atoms in total. The summed E-state index contributed by atoms with van der Waals surface area (Å²) in [6.45, 7) is 2.81. The van der Waals surface area contributed by atoms with E-state index in [-0.39, 0.29) is 0 Å². The van der Waals surface area contributed by atoms with Gasteiger partial charge in [-0.15, -0.1) is 10.2 Å². The third-order valence-electron chi connectivity index (χ3n) is 4.33. The lowest BCUT2D eigenvalue weighted by Gasteiger charge is -2.07. The molecule has 0 bridgehead atoms. The molecule has 0 N–H and O–H groups in total. The minimum Gasteiger partial charge on any atom is -0.481 e. The fourth-order valence-corrected chi connectivity index (χ4v) is 4.01. The number of ether oxygens (including phenoxy) is 1. The summed E-state index contributed by atoms with van der Waals surface area (Å²) in [4.78, 5) is 8.60. The molecule has 30 heavy (non-hydrogen) atoms. The van der Waals surface area contributed by atoms with Crippen LogP contribution < -0.4 is 4.74 Å². The Kier molecular flexibility index (Phi) is 6.29. The molecule has 4 aromatic rings. The summed E-state index contributed by atoms with van der Waals surface area (Å²) in [5.41, 5.74) is 1.71. The molecule has 0 amide bonds. The number of nitrogens with zero attached hydrogens (tertiary/aromatic N) is 6. The Morgan fingerprint density at radius 2 is 2.07 bits per heavy atom. The molecule has 4 rings (SSSR count). The van der Waals surface area contributed by atoms with E-state index in [2.05, 4.69) is 36.8 Å². The van der Waals surface area contributed by atoms with Crippen LogP contribution in [0.1, 0.15) is 12.7 Å². The molecule has 0 aliphatic carbocycles. The van der Waals surface area contributed by atoms with E-state index in [1.165, 1.54) is 0 Å². The Hall–Kier alpha value is -2.91. The van der Waals surface area contributed by atoms with E-state index in [1.807, 2.05) is 24.3 Å². The highest BCUT2D eigenvalue weighted by molar-refractivity contribution is 7.99. The molecule has 0 radical (unpaired) electrons. The molecule has 10 heteroatoms. The molecule has 0 aliphatic rings. The molecule has 0 aliphatic heterocycles. The molecule has 154 valence electrons. The van der Waals surface area contributed by atoms with E-state index in [4.69, 9.17) is 20.9 Å². The van der Waals surface area contributed by atoms with Crippen LogP contribution in [0.4, 0.5) is 0 Å². The maximum Gasteiger partial charge on any atom is 0.257 e. The zero-order valence-electron chi connectivity index (χ0n) is 16.4. The molecule has 1 aromatic carbocycles. The molecule has 0 atom stereocenters. The van der Waals surface area contributed by atoms with Crippen molar-refractivity contribution in [2.45, 2.75) is 25.0 Å². The quantitative estimate of drug-likeness (QED) is 0.370. The number of benzene rings is 1. The second-order valence-electron chi connectivity index (χ2n) is 6.26. The Morgan fingerprint density at radius 1 is 1.17 bits per heavy atom. The fourth-order valence-electron chi connectivity index (χ4n) is 2.88. The first-order valence-electron chi connectivity index (χ1n) is 9.33. The van der Waals surface area contributed by atoms with E-state index in [1.54, 1.807) is 37.2 Å². The minimum absolute atomic E-state index is 0.461. The van der Waals surface area contributed by atoms with Gasteiger partial charge in [0, 0.05) is 47.1 Å². The molecule has 0 saturated heterocycles. The predicted molar refractivity (Wildman–Crippen MR) is 115 cm³/mol. The number of methoxy groups -OCH3 is 1. The zero-order chi connectivity index (χ0) is 20.9. The Morgan fingerprint density at radius 3 is 2.87 bits per heavy atom. The number of hydrogen-bond acceptors (Lipinski definition) is 8. The number of aromatic nitrogens is 6. The maximum atomic E-state index is 6.03. The SMILES string of the molecule is CCn1c(SCCc2noc(-c3cccc(Cl)c3)n2)nnc1-c1ccnc(OC)c1. The molecular weight excluding hydrogens is 424 g/mol. The van der Waals surface area contributed by atoms with Crippen LogP contribution >= 0.6 is 23.4 Å². The van der Waals surface area contributed by atoms with Gasteiger partial charge < -0.3 is 13.8 Å². The zero-order valence-corrected chi connectivity index (χ0v) is 18.0. The summed E-state index contributed by atoms with van der Waals surface area (Å²) in [6, 6.07) is 11.1. The lowest BCUT2D eigenvalue weighted by atomic mass is 10.2. The number of pyridine rings is 1. The van der Waals surface area contributed by atoms with Gasteiger partial charge in [0.25, 0.3) is 5.89 Å². The number of halogens is 1. The summed E-state index contributed by atoms with van der Waals surface area (Å²) in [5.74, 6) is 3.16. The average Bonchev–Trinajstić information content (AvgIpc) is 3.41. The van der Waals surface area contributed by atoms with Gasteiger partial charge in [0.2, 0.25) is 5.88 Å². The van der Waals surface area contributed by atoms with Crippen molar-refractivity contribution in [2.24, 2.45) is 0 Å². The third-order valence-corrected chi connectivity index (χ3v) is 5.54. The first kappa shape index (κ1) is 20.4. The van der Waals surface area contributed by atoms with Crippen molar-refractivity contribution in [3.8, 4) is 28.7 Å². The van der Waals surface area contributed by atoms with Gasteiger partial charge in [-0.25, -0.2) is 4.98 Å². The lowest BCUT2D eigenvalue weighted by molar-refractivity contribution is 0.398. The lowest BCUT2D eigenvalue weighted by Crippen LogP contribution is -2.01. The third kappa shape index (κ3) is 4.47. The topological polar surface area (TPSA) is 91.8 Å². The molecule has 0 fully saturated rings. The van der Waals surface area contributed by atoms with E-state index in [0.717, 1.165) is 34.4 Å². The van der Waals surface area contributed by atoms with Crippen molar-refractivity contribution < 1.29 is 9.26 Å². The molecule has 0 spiro atoms. The first-order valence-corrected chi connectivity index (χ1v) is 10.7. The number of aryl methyl sites for hydroxylation is 1. The molecule has 3 heterocycles. The van der Waals surface area contributed by atoms with Gasteiger partial charge in [0.1, 0.15) is 0 Å². The maximum absolute atomic E-state index is 6.03. The van der Waals surface area contributed by atoms with Gasteiger partial charge in [-0.05, 0) is 31.2 Å². The Labute approximate surface area is 182 Å². The van der Waals surface area contributed by atoms with Gasteiger partial charge in [0.05, 0.1) is 7.11 Å². The van der Waals surface area contributed by atoms with Crippen LogP contribution in [0.5, 0.6) is 5.88 Å². The number of rotatable bonds is 8. The highest BCUT2D eigenvalue weighted by Gasteiger charge is 2.15. The van der Waals surface area contributed by atoms with Crippen molar-refractivity contribution in [2.75, 3.05) is 12.9 Å². The standard InChI is InChI=1S/C20H19ClN6O2S/c1-3-27-18(13-7-9-22-17(12-13)28-2)24-25-20(27)30-10-8-16-23-19(29-26-16)14-5-4-6-15(21)11-14/h4-7,9,11-12H,3,8,10H2,1-2H3. The average molecular weight is 443 g/mol. The second kappa shape index (κ2) is 9.27. The van der Waals surface area contributed by atoms with Crippen molar-refractivity contribution in [1.82, 2.24) is 29.9 Å². The van der Waals surface area contributed by atoms with E-state index in [0.29, 0.717) is 29.0 Å². The van der Waals surface area contributed by atoms with Crippen LogP contribution in [0.25, 0.3) is 22.8 Å². The van der Waals surface area contributed by atoms with Gasteiger partial charge in [-0.1, -0.05) is 34.6 Å². The van der Waals surface area contributed by atoms with Crippen LogP contribution in [0.15, 0.2) is 52.3 Å². The van der Waals surface area contributed by atoms with E-state index in [9.17, 15) is 0 Å². The van der Waals surface area contributed by atoms with Crippen LogP contribution in [-0.2, 0) is 13.0 Å². The van der Waals surface area contributed by atoms with Crippen LogP contribution in [0.2, 0.25) is 5.02 Å². The summed E-state index contributed by atoms with van der Waals surface area (Å²) in [6.07, 6.45) is 2.34. The van der Waals surface area contributed by atoms with Crippen LogP contribution in [0.3, 0.4) is 0 Å². The van der Waals surface area contributed by atoms with Gasteiger partial charge >= 0.3 is 0 Å². The predicted octanol–water partition coefficient (Wildman–Crippen LogP) is 4.41. The minimum atomic E-state index is 0.461. The van der Waals surface area contributed by atoms with Gasteiger partial charge in [-0.3, -0.25) is 0 Å². The Bertz CT molecular complexity index is 1150. The summed E-state index contributed by atoms with van der Waals surface area (Å²) in [5, 5.41) is 14.2. The second-order valence-corrected chi connectivity index (χ2v) is 7.76. The van der Waals surface area contributed by atoms with Gasteiger partial charge in [-0.2, -0.15) is 4.98 Å². The van der Waals surface area contributed by atoms with E-state index < -0.39 is 0 Å².